The highest BCUT2D eigenvalue weighted by Gasteiger charge is 2.24. The van der Waals surface area contributed by atoms with Crippen LogP contribution in [0.5, 0.6) is 5.75 Å². The number of hydrogen-bond acceptors (Lipinski definition) is 3. The highest BCUT2D eigenvalue weighted by molar-refractivity contribution is 6.11. The molecule has 0 aliphatic rings. The Morgan fingerprint density at radius 3 is 2.72 bits per heavy atom. The number of ether oxygens (including phenoxy) is 1. The summed E-state index contributed by atoms with van der Waals surface area (Å²) in [5, 5.41) is 0.992. The SMILES string of the molecule is COc1cccc(CN(C)[C@H](C)C(=O)c2c(C)[nH]c3ccccc23)c1. The molecule has 1 heterocycles. The van der Waals surface area contributed by atoms with E-state index in [-0.39, 0.29) is 11.8 Å². The number of carbonyl (C=O) groups is 1. The van der Waals surface area contributed by atoms with Crippen molar-refractivity contribution in [2.75, 3.05) is 14.2 Å². The molecule has 0 fully saturated rings. The van der Waals surface area contributed by atoms with Crippen LogP contribution in [-0.2, 0) is 6.54 Å². The highest BCUT2D eigenvalue weighted by Crippen LogP contribution is 2.24. The Bertz CT molecular complexity index is 898. The average Bonchev–Trinajstić information content (AvgIpc) is 2.96. The van der Waals surface area contributed by atoms with Gasteiger partial charge in [0, 0.05) is 28.7 Å². The zero-order valence-corrected chi connectivity index (χ0v) is 15.2. The van der Waals surface area contributed by atoms with Crippen molar-refractivity contribution in [1.29, 1.82) is 0 Å². The van der Waals surface area contributed by atoms with Crippen LogP contribution in [0.2, 0.25) is 0 Å². The molecule has 0 radical (unpaired) electrons. The first-order chi connectivity index (χ1) is 12.0. The van der Waals surface area contributed by atoms with E-state index < -0.39 is 0 Å². The fourth-order valence-electron chi connectivity index (χ4n) is 3.20. The maximum absolute atomic E-state index is 13.1. The molecule has 0 aliphatic heterocycles. The maximum Gasteiger partial charge on any atom is 0.182 e. The molecule has 25 heavy (non-hydrogen) atoms. The molecule has 0 spiro atoms. The van der Waals surface area contributed by atoms with Crippen LogP contribution in [0.1, 0.15) is 28.5 Å². The molecule has 4 nitrogen and oxygen atoms in total. The van der Waals surface area contributed by atoms with E-state index in [1.54, 1.807) is 7.11 Å². The van der Waals surface area contributed by atoms with Gasteiger partial charge < -0.3 is 9.72 Å². The van der Waals surface area contributed by atoms with Gasteiger partial charge in [0.15, 0.2) is 5.78 Å². The van der Waals surface area contributed by atoms with Crippen molar-refractivity contribution in [3.8, 4) is 5.75 Å². The number of para-hydroxylation sites is 1. The molecule has 3 aromatic rings. The summed E-state index contributed by atoms with van der Waals surface area (Å²) >= 11 is 0. The van der Waals surface area contributed by atoms with Crippen molar-refractivity contribution in [2.45, 2.75) is 26.4 Å². The Kier molecular flexibility index (Phi) is 4.91. The van der Waals surface area contributed by atoms with Crippen LogP contribution in [0, 0.1) is 6.92 Å². The summed E-state index contributed by atoms with van der Waals surface area (Å²) in [7, 11) is 3.64. The molecule has 0 unspecified atom stereocenters. The molecule has 1 N–H and O–H groups in total. The number of aromatic nitrogens is 1. The predicted molar refractivity (Wildman–Crippen MR) is 101 cm³/mol. The van der Waals surface area contributed by atoms with Gasteiger partial charge >= 0.3 is 0 Å². The maximum atomic E-state index is 13.1. The number of carbonyl (C=O) groups excluding carboxylic acids is 1. The van der Waals surface area contributed by atoms with Crippen LogP contribution in [0.3, 0.4) is 0 Å². The normalized spacial score (nSPS) is 12.5. The van der Waals surface area contributed by atoms with E-state index in [9.17, 15) is 4.79 Å². The van der Waals surface area contributed by atoms with Gasteiger partial charge in [0.25, 0.3) is 0 Å². The van der Waals surface area contributed by atoms with E-state index in [1.165, 1.54) is 0 Å². The summed E-state index contributed by atoms with van der Waals surface area (Å²) in [6.45, 7) is 4.61. The topological polar surface area (TPSA) is 45.3 Å². The smallest absolute Gasteiger partial charge is 0.182 e. The molecule has 3 rings (SSSR count). The summed E-state index contributed by atoms with van der Waals surface area (Å²) in [6.07, 6.45) is 0. The van der Waals surface area contributed by atoms with Gasteiger partial charge in [-0.1, -0.05) is 30.3 Å². The fourth-order valence-corrected chi connectivity index (χ4v) is 3.20. The quantitative estimate of drug-likeness (QED) is 0.687. The van der Waals surface area contributed by atoms with Gasteiger partial charge in [-0.05, 0) is 44.7 Å². The minimum atomic E-state index is -0.218. The van der Waals surface area contributed by atoms with E-state index in [1.807, 2.05) is 69.4 Å². The van der Waals surface area contributed by atoms with Crippen molar-refractivity contribution in [1.82, 2.24) is 9.88 Å². The number of H-pyrrole nitrogens is 1. The van der Waals surface area contributed by atoms with Gasteiger partial charge in [0.1, 0.15) is 5.75 Å². The van der Waals surface area contributed by atoms with E-state index in [4.69, 9.17) is 4.74 Å². The van der Waals surface area contributed by atoms with Crippen LogP contribution in [-0.4, -0.2) is 35.9 Å². The van der Waals surface area contributed by atoms with Crippen LogP contribution < -0.4 is 4.74 Å². The monoisotopic (exact) mass is 336 g/mol. The predicted octanol–water partition coefficient (Wildman–Crippen LogP) is 4.19. The van der Waals surface area contributed by atoms with Crippen LogP contribution in [0.4, 0.5) is 0 Å². The minimum Gasteiger partial charge on any atom is -0.497 e. The number of likely N-dealkylation sites (N-methyl/N-ethyl adjacent to an activating group) is 1. The molecule has 4 heteroatoms. The van der Waals surface area contributed by atoms with E-state index in [0.29, 0.717) is 6.54 Å². The largest absolute Gasteiger partial charge is 0.497 e. The van der Waals surface area contributed by atoms with Gasteiger partial charge in [0.2, 0.25) is 0 Å². The third-order valence-corrected chi connectivity index (χ3v) is 4.75. The third kappa shape index (κ3) is 3.44. The van der Waals surface area contributed by atoms with E-state index in [2.05, 4.69) is 9.88 Å². The lowest BCUT2D eigenvalue weighted by Crippen LogP contribution is -2.35. The molecule has 0 saturated carbocycles. The summed E-state index contributed by atoms with van der Waals surface area (Å²) in [5.41, 5.74) is 3.84. The van der Waals surface area contributed by atoms with Crippen molar-refractivity contribution in [3.05, 3.63) is 65.4 Å². The lowest BCUT2D eigenvalue weighted by Gasteiger charge is -2.24. The molecule has 1 aromatic heterocycles. The second-order valence-corrected chi connectivity index (χ2v) is 6.48. The Balaban J connectivity index is 1.82. The number of nitrogens with zero attached hydrogens (tertiary/aromatic N) is 1. The second-order valence-electron chi connectivity index (χ2n) is 6.48. The standard InChI is InChI=1S/C21H24N2O2/c1-14-20(18-10-5-6-11-19(18)22-14)21(24)15(2)23(3)13-16-8-7-9-17(12-16)25-4/h5-12,15,22H,13H2,1-4H3/t15-/m1/s1. The number of fused-ring (bicyclic) bond motifs is 1. The molecule has 1 atom stereocenters. The summed E-state index contributed by atoms with van der Waals surface area (Å²) in [4.78, 5) is 18.5. The number of rotatable bonds is 6. The van der Waals surface area contributed by atoms with Crippen LogP contribution in [0.15, 0.2) is 48.5 Å². The number of aromatic amines is 1. The van der Waals surface area contributed by atoms with E-state index in [0.717, 1.165) is 33.5 Å². The lowest BCUT2D eigenvalue weighted by molar-refractivity contribution is 0.0863. The zero-order valence-electron chi connectivity index (χ0n) is 15.2. The number of Topliss-reactive ketones (excluding diaryl/α,β-unsaturated/α-hetero) is 1. The van der Waals surface area contributed by atoms with Crippen molar-refractivity contribution >= 4 is 16.7 Å². The first-order valence-electron chi connectivity index (χ1n) is 8.46. The second kappa shape index (κ2) is 7.11. The number of methoxy groups -OCH3 is 1. The fraction of sp³-hybridized carbons (Fsp3) is 0.286. The number of hydrogen-bond donors (Lipinski definition) is 1. The first kappa shape index (κ1) is 17.2. The number of benzene rings is 2. The van der Waals surface area contributed by atoms with Gasteiger partial charge in [-0.2, -0.15) is 0 Å². The Morgan fingerprint density at radius 1 is 1.20 bits per heavy atom. The Hall–Kier alpha value is -2.59. The van der Waals surface area contributed by atoms with Gasteiger partial charge in [-0.25, -0.2) is 0 Å². The summed E-state index contributed by atoms with van der Waals surface area (Å²) in [6, 6.07) is 15.7. The average molecular weight is 336 g/mol. The number of ketones is 1. The van der Waals surface area contributed by atoms with Gasteiger partial charge in [-0.15, -0.1) is 0 Å². The van der Waals surface area contributed by atoms with Gasteiger partial charge in [-0.3, -0.25) is 9.69 Å². The Labute approximate surface area is 148 Å². The van der Waals surface area contributed by atoms with Crippen LogP contribution in [0.25, 0.3) is 10.9 Å². The lowest BCUT2D eigenvalue weighted by atomic mass is 10.0. The van der Waals surface area contributed by atoms with Crippen molar-refractivity contribution < 1.29 is 9.53 Å². The first-order valence-corrected chi connectivity index (χ1v) is 8.46. The molecule has 0 bridgehead atoms. The number of nitrogens with one attached hydrogen (secondary N) is 1. The molecule has 2 aromatic carbocycles. The minimum absolute atomic E-state index is 0.139. The summed E-state index contributed by atoms with van der Waals surface area (Å²) in [5.74, 6) is 0.970. The molecular weight excluding hydrogens is 312 g/mol. The Morgan fingerprint density at radius 2 is 1.96 bits per heavy atom. The van der Waals surface area contributed by atoms with Crippen molar-refractivity contribution in [2.24, 2.45) is 0 Å². The van der Waals surface area contributed by atoms with E-state index >= 15 is 0 Å². The molecular formula is C21H24N2O2. The molecule has 0 aliphatic carbocycles. The molecule has 0 saturated heterocycles. The third-order valence-electron chi connectivity index (χ3n) is 4.75. The number of aryl methyl sites for hydroxylation is 1. The highest BCUT2D eigenvalue weighted by atomic mass is 16.5. The van der Waals surface area contributed by atoms with Crippen molar-refractivity contribution in [3.63, 3.8) is 0 Å². The molecule has 0 amide bonds. The van der Waals surface area contributed by atoms with Crippen LogP contribution >= 0.6 is 0 Å². The molecule has 130 valence electrons. The van der Waals surface area contributed by atoms with Gasteiger partial charge in [0.05, 0.1) is 13.2 Å². The zero-order chi connectivity index (χ0) is 18.0. The summed E-state index contributed by atoms with van der Waals surface area (Å²) < 4.78 is 5.28.